The Labute approximate surface area is 104 Å². The van der Waals surface area contributed by atoms with Gasteiger partial charge in [0, 0.05) is 18.7 Å². The van der Waals surface area contributed by atoms with E-state index >= 15 is 0 Å². The monoisotopic (exact) mass is 239 g/mol. The summed E-state index contributed by atoms with van der Waals surface area (Å²) in [5, 5.41) is 13.7. The molecule has 3 atom stereocenters. The molecule has 3 unspecified atom stereocenters. The van der Waals surface area contributed by atoms with E-state index < -0.39 is 0 Å². The van der Waals surface area contributed by atoms with Gasteiger partial charge >= 0.3 is 0 Å². The minimum Gasteiger partial charge on any atom is -0.392 e. The Kier molecular flexibility index (Phi) is 3.42. The van der Waals surface area contributed by atoms with Gasteiger partial charge in [-0.3, -0.25) is 0 Å². The molecule has 1 saturated heterocycles. The lowest BCUT2D eigenvalue weighted by Gasteiger charge is -2.48. The first-order valence-electron chi connectivity index (χ1n) is 7.36. The molecule has 2 aliphatic carbocycles. The minimum absolute atomic E-state index is 0.121. The van der Waals surface area contributed by atoms with Gasteiger partial charge in [0.25, 0.3) is 0 Å². The number of nitrogens with one attached hydrogen (secondary N) is 1. The second-order valence-corrected chi connectivity index (χ2v) is 6.20. The van der Waals surface area contributed by atoms with E-state index in [0.717, 1.165) is 32.3 Å². The van der Waals surface area contributed by atoms with Crippen molar-refractivity contribution >= 4 is 0 Å². The van der Waals surface area contributed by atoms with Crippen LogP contribution in [-0.4, -0.2) is 35.5 Å². The average molecular weight is 239 g/mol. The van der Waals surface area contributed by atoms with Gasteiger partial charge in [-0.2, -0.15) is 0 Å². The summed E-state index contributed by atoms with van der Waals surface area (Å²) in [5.74, 6) is 0. The minimum atomic E-state index is -0.121. The number of aliphatic hydroxyl groups is 1. The van der Waals surface area contributed by atoms with Crippen molar-refractivity contribution in [1.82, 2.24) is 5.32 Å². The third kappa shape index (κ3) is 2.51. The maximum absolute atomic E-state index is 10.0. The third-order valence-electron chi connectivity index (χ3n) is 4.94. The smallest absolute Gasteiger partial charge is 0.0697 e. The van der Waals surface area contributed by atoms with Gasteiger partial charge in [-0.15, -0.1) is 0 Å². The van der Waals surface area contributed by atoms with Crippen molar-refractivity contribution in [1.29, 1.82) is 0 Å². The molecule has 0 bridgehead atoms. The molecule has 3 aliphatic rings. The summed E-state index contributed by atoms with van der Waals surface area (Å²) in [6.07, 6.45) is 10.6. The number of hydrogen-bond donors (Lipinski definition) is 2. The highest BCUT2D eigenvalue weighted by atomic mass is 16.5. The molecule has 2 saturated carbocycles. The Hall–Kier alpha value is -0.120. The molecule has 3 heteroatoms. The molecule has 0 aromatic carbocycles. The molecule has 3 fully saturated rings. The normalized spacial score (nSPS) is 41.1. The number of hydrogen-bond acceptors (Lipinski definition) is 3. The summed E-state index contributed by atoms with van der Waals surface area (Å²) < 4.78 is 5.95. The summed E-state index contributed by atoms with van der Waals surface area (Å²) in [5.41, 5.74) is 0.218. The Morgan fingerprint density at radius 1 is 1.06 bits per heavy atom. The van der Waals surface area contributed by atoms with Gasteiger partial charge in [-0.1, -0.05) is 12.8 Å². The molecule has 0 aromatic heterocycles. The van der Waals surface area contributed by atoms with Gasteiger partial charge in [0.15, 0.2) is 0 Å². The van der Waals surface area contributed by atoms with Crippen LogP contribution >= 0.6 is 0 Å². The first kappa shape index (κ1) is 11.9. The van der Waals surface area contributed by atoms with E-state index in [4.69, 9.17) is 4.74 Å². The van der Waals surface area contributed by atoms with E-state index in [1.807, 2.05) is 0 Å². The van der Waals surface area contributed by atoms with E-state index in [2.05, 4.69) is 5.32 Å². The Morgan fingerprint density at radius 2 is 1.88 bits per heavy atom. The van der Waals surface area contributed by atoms with Crippen LogP contribution < -0.4 is 5.32 Å². The largest absolute Gasteiger partial charge is 0.392 e. The summed E-state index contributed by atoms with van der Waals surface area (Å²) in [6, 6.07) is 0.908. The topological polar surface area (TPSA) is 41.5 Å². The van der Waals surface area contributed by atoms with E-state index in [1.54, 1.807) is 0 Å². The molecule has 1 heterocycles. The lowest BCUT2D eigenvalue weighted by atomic mass is 9.73. The lowest BCUT2D eigenvalue weighted by Crippen LogP contribution is -2.55. The molecule has 3 rings (SSSR count). The van der Waals surface area contributed by atoms with Crippen LogP contribution in [0.4, 0.5) is 0 Å². The Bertz CT molecular complexity index is 265. The van der Waals surface area contributed by atoms with Crippen molar-refractivity contribution in [2.45, 2.75) is 81.6 Å². The molecule has 2 N–H and O–H groups in total. The van der Waals surface area contributed by atoms with E-state index in [9.17, 15) is 5.11 Å². The van der Waals surface area contributed by atoms with Gasteiger partial charge in [0.1, 0.15) is 0 Å². The standard InChI is InChI=1S/C14H25NO2/c16-13-5-2-1-4-12(13)15-11-6-9-17-14(10-11)7-3-8-14/h11-13,15-16H,1-10H2. The van der Waals surface area contributed by atoms with Crippen LogP contribution in [0.1, 0.15) is 57.8 Å². The van der Waals surface area contributed by atoms with Crippen LogP contribution in [-0.2, 0) is 4.74 Å². The summed E-state index contributed by atoms with van der Waals surface area (Å²) >= 11 is 0. The zero-order valence-electron chi connectivity index (χ0n) is 10.7. The fourth-order valence-corrected chi connectivity index (χ4v) is 3.70. The predicted molar refractivity (Wildman–Crippen MR) is 67.0 cm³/mol. The highest BCUT2D eigenvalue weighted by Crippen LogP contribution is 2.42. The van der Waals surface area contributed by atoms with Gasteiger partial charge in [-0.05, 0) is 44.9 Å². The van der Waals surface area contributed by atoms with Crippen LogP contribution in [0.15, 0.2) is 0 Å². The molecule has 1 aliphatic heterocycles. The van der Waals surface area contributed by atoms with Crippen molar-refractivity contribution in [2.24, 2.45) is 0 Å². The van der Waals surface area contributed by atoms with Gasteiger partial charge < -0.3 is 15.2 Å². The fourth-order valence-electron chi connectivity index (χ4n) is 3.70. The van der Waals surface area contributed by atoms with Crippen LogP contribution in [0, 0.1) is 0 Å². The van der Waals surface area contributed by atoms with Crippen LogP contribution in [0.5, 0.6) is 0 Å². The highest BCUT2D eigenvalue weighted by Gasteiger charge is 2.43. The SMILES string of the molecule is OC1CCCCC1NC1CCOC2(CCC2)C1. The third-order valence-corrected chi connectivity index (χ3v) is 4.94. The van der Waals surface area contributed by atoms with Crippen molar-refractivity contribution in [3.8, 4) is 0 Å². The van der Waals surface area contributed by atoms with Crippen molar-refractivity contribution in [3.05, 3.63) is 0 Å². The number of aliphatic hydroxyl groups excluding tert-OH is 1. The van der Waals surface area contributed by atoms with E-state index in [1.165, 1.54) is 32.1 Å². The number of rotatable bonds is 2. The lowest BCUT2D eigenvalue weighted by molar-refractivity contribution is -0.137. The zero-order chi connectivity index (χ0) is 11.7. The Morgan fingerprint density at radius 3 is 2.59 bits per heavy atom. The zero-order valence-corrected chi connectivity index (χ0v) is 10.7. The van der Waals surface area contributed by atoms with Crippen LogP contribution in [0.25, 0.3) is 0 Å². The van der Waals surface area contributed by atoms with E-state index in [0.29, 0.717) is 12.1 Å². The molecular weight excluding hydrogens is 214 g/mol. The fraction of sp³-hybridized carbons (Fsp3) is 1.00. The first-order valence-corrected chi connectivity index (χ1v) is 7.36. The van der Waals surface area contributed by atoms with Crippen LogP contribution in [0.3, 0.4) is 0 Å². The quantitative estimate of drug-likeness (QED) is 0.774. The average Bonchev–Trinajstić information content (AvgIpc) is 2.31. The predicted octanol–water partition coefficient (Wildman–Crippen LogP) is 1.98. The second-order valence-electron chi connectivity index (χ2n) is 6.20. The molecule has 3 nitrogen and oxygen atoms in total. The van der Waals surface area contributed by atoms with Crippen molar-refractivity contribution < 1.29 is 9.84 Å². The maximum Gasteiger partial charge on any atom is 0.0697 e. The maximum atomic E-state index is 10.0. The molecule has 98 valence electrons. The second kappa shape index (κ2) is 4.87. The number of ether oxygens (including phenoxy) is 1. The highest BCUT2D eigenvalue weighted by molar-refractivity contribution is 4.97. The molecule has 1 spiro atoms. The molecule has 0 aromatic rings. The first-order chi connectivity index (χ1) is 8.27. The van der Waals surface area contributed by atoms with Crippen molar-refractivity contribution in [3.63, 3.8) is 0 Å². The molecule has 0 amide bonds. The summed E-state index contributed by atoms with van der Waals surface area (Å²) in [7, 11) is 0. The molecule has 17 heavy (non-hydrogen) atoms. The van der Waals surface area contributed by atoms with Gasteiger partial charge in [0.2, 0.25) is 0 Å². The van der Waals surface area contributed by atoms with Gasteiger partial charge in [-0.25, -0.2) is 0 Å². The Balaban J connectivity index is 1.53. The van der Waals surface area contributed by atoms with Gasteiger partial charge in [0.05, 0.1) is 11.7 Å². The summed E-state index contributed by atoms with van der Waals surface area (Å²) in [6.45, 7) is 0.903. The van der Waals surface area contributed by atoms with E-state index in [-0.39, 0.29) is 11.7 Å². The molecular formula is C14H25NO2. The summed E-state index contributed by atoms with van der Waals surface area (Å²) in [4.78, 5) is 0. The van der Waals surface area contributed by atoms with Crippen molar-refractivity contribution in [2.75, 3.05) is 6.61 Å². The molecule has 0 radical (unpaired) electrons. The van der Waals surface area contributed by atoms with Crippen LogP contribution in [0.2, 0.25) is 0 Å².